The second-order valence-electron chi connectivity index (χ2n) is 5.44. The third-order valence-electron chi connectivity index (χ3n) is 3.24. The van der Waals surface area contributed by atoms with Gasteiger partial charge in [-0.3, -0.25) is 0 Å². The molecular formula is C10H19F3O2S. The summed E-state index contributed by atoms with van der Waals surface area (Å²) in [5.74, 6) is -0.846. The van der Waals surface area contributed by atoms with E-state index in [1.807, 2.05) is 0 Å². The molecule has 0 aliphatic rings. The highest BCUT2D eigenvalue weighted by molar-refractivity contribution is 7.92. The van der Waals surface area contributed by atoms with Crippen LogP contribution in [0.5, 0.6) is 0 Å². The first-order chi connectivity index (χ1) is 6.71. The van der Waals surface area contributed by atoms with E-state index in [9.17, 15) is 21.6 Å². The van der Waals surface area contributed by atoms with Crippen LogP contribution in [0.15, 0.2) is 0 Å². The van der Waals surface area contributed by atoms with Gasteiger partial charge in [0.2, 0.25) is 0 Å². The van der Waals surface area contributed by atoms with E-state index in [0.29, 0.717) is 0 Å². The molecule has 0 radical (unpaired) electrons. The van der Waals surface area contributed by atoms with Gasteiger partial charge < -0.3 is 0 Å². The maximum atomic E-state index is 12.0. The van der Waals surface area contributed by atoms with Crippen LogP contribution < -0.4 is 0 Å². The molecular weight excluding hydrogens is 241 g/mol. The Morgan fingerprint density at radius 1 is 0.938 bits per heavy atom. The Hall–Kier alpha value is -0.260. The molecule has 98 valence electrons. The SMILES string of the molecule is CC(C)(C)C(C)(C)S(=O)(=O)CCC(F)(F)F. The van der Waals surface area contributed by atoms with Crippen LogP contribution in [0, 0.1) is 5.41 Å². The van der Waals surface area contributed by atoms with Crippen molar-refractivity contribution in [1.82, 2.24) is 0 Å². The fourth-order valence-electron chi connectivity index (χ4n) is 0.972. The van der Waals surface area contributed by atoms with Gasteiger partial charge in [-0.25, -0.2) is 8.42 Å². The summed E-state index contributed by atoms with van der Waals surface area (Å²) < 4.78 is 58.5. The Kier molecular flexibility index (Phi) is 4.13. The molecule has 0 saturated heterocycles. The number of hydrogen-bond donors (Lipinski definition) is 0. The number of rotatable bonds is 3. The van der Waals surface area contributed by atoms with Gasteiger partial charge in [-0.05, 0) is 19.3 Å². The fraction of sp³-hybridized carbons (Fsp3) is 1.00. The summed E-state index contributed by atoms with van der Waals surface area (Å²) in [6, 6.07) is 0. The molecule has 0 fully saturated rings. The van der Waals surface area contributed by atoms with Gasteiger partial charge in [0, 0.05) is 0 Å². The van der Waals surface area contributed by atoms with E-state index in [1.165, 1.54) is 13.8 Å². The number of alkyl halides is 3. The van der Waals surface area contributed by atoms with Gasteiger partial charge in [0.05, 0.1) is 16.9 Å². The first-order valence-electron chi connectivity index (χ1n) is 5.00. The molecule has 2 nitrogen and oxygen atoms in total. The maximum absolute atomic E-state index is 12.0. The van der Waals surface area contributed by atoms with E-state index in [4.69, 9.17) is 0 Å². The Labute approximate surface area is 95.1 Å². The zero-order valence-electron chi connectivity index (χ0n) is 10.3. The van der Waals surface area contributed by atoms with Crippen LogP contribution in [0.25, 0.3) is 0 Å². The normalized spacial score (nSPS) is 15.2. The van der Waals surface area contributed by atoms with E-state index in [0.717, 1.165) is 0 Å². The molecule has 6 heteroatoms. The highest BCUT2D eigenvalue weighted by Gasteiger charge is 2.45. The van der Waals surface area contributed by atoms with Crippen LogP contribution in [0.1, 0.15) is 41.0 Å². The fourth-order valence-corrected chi connectivity index (χ4v) is 2.92. The second kappa shape index (κ2) is 4.20. The van der Waals surface area contributed by atoms with Crippen LogP contribution in [0.3, 0.4) is 0 Å². The summed E-state index contributed by atoms with van der Waals surface area (Å²) in [7, 11) is -3.77. The van der Waals surface area contributed by atoms with Crippen LogP contribution in [-0.4, -0.2) is 25.1 Å². The lowest BCUT2D eigenvalue weighted by Crippen LogP contribution is -2.46. The van der Waals surface area contributed by atoms with Gasteiger partial charge in [0.25, 0.3) is 0 Å². The summed E-state index contributed by atoms with van der Waals surface area (Å²) >= 11 is 0. The lowest BCUT2D eigenvalue weighted by atomic mass is 9.83. The van der Waals surface area contributed by atoms with E-state index < -0.39 is 38.3 Å². The highest BCUT2D eigenvalue weighted by Crippen LogP contribution is 2.38. The van der Waals surface area contributed by atoms with E-state index in [2.05, 4.69) is 0 Å². The molecule has 0 aliphatic heterocycles. The molecule has 0 aromatic heterocycles. The maximum Gasteiger partial charge on any atom is 0.390 e. The average molecular weight is 260 g/mol. The van der Waals surface area contributed by atoms with E-state index in [1.54, 1.807) is 20.8 Å². The molecule has 0 rings (SSSR count). The molecule has 16 heavy (non-hydrogen) atoms. The minimum absolute atomic E-state index is 0.600. The molecule has 0 aromatic rings. The van der Waals surface area contributed by atoms with Crippen molar-refractivity contribution in [3.63, 3.8) is 0 Å². The number of sulfone groups is 1. The molecule has 0 bridgehead atoms. The first kappa shape index (κ1) is 15.7. The van der Waals surface area contributed by atoms with Crippen LogP contribution in [-0.2, 0) is 9.84 Å². The number of halogens is 3. The largest absolute Gasteiger partial charge is 0.390 e. The molecule has 0 amide bonds. The minimum Gasteiger partial charge on any atom is -0.228 e. The summed E-state index contributed by atoms with van der Waals surface area (Å²) in [6.07, 6.45) is -5.71. The first-order valence-corrected chi connectivity index (χ1v) is 6.65. The summed E-state index contributed by atoms with van der Waals surface area (Å²) in [4.78, 5) is 0. The van der Waals surface area contributed by atoms with Crippen molar-refractivity contribution in [3.8, 4) is 0 Å². The molecule has 0 aliphatic carbocycles. The van der Waals surface area contributed by atoms with Crippen molar-refractivity contribution >= 4 is 9.84 Å². The molecule has 0 heterocycles. The third-order valence-corrected chi connectivity index (χ3v) is 6.15. The summed E-state index contributed by atoms with van der Waals surface area (Å²) in [5, 5.41) is 0. The summed E-state index contributed by atoms with van der Waals surface area (Å²) in [6.45, 7) is 8.06. The number of hydrogen-bond acceptors (Lipinski definition) is 2. The average Bonchev–Trinajstić information content (AvgIpc) is 1.97. The zero-order valence-corrected chi connectivity index (χ0v) is 11.1. The molecule has 0 spiro atoms. The third kappa shape index (κ3) is 3.64. The van der Waals surface area contributed by atoms with E-state index in [-0.39, 0.29) is 0 Å². The van der Waals surface area contributed by atoms with Crippen LogP contribution in [0.4, 0.5) is 13.2 Å². The van der Waals surface area contributed by atoms with Gasteiger partial charge in [0.15, 0.2) is 9.84 Å². The monoisotopic (exact) mass is 260 g/mol. The van der Waals surface area contributed by atoms with Gasteiger partial charge >= 0.3 is 6.18 Å². The van der Waals surface area contributed by atoms with Crippen LogP contribution >= 0.6 is 0 Å². The van der Waals surface area contributed by atoms with Gasteiger partial charge in [-0.1, -0.05) is 20.8 Å². The van der Waals surface area contributed by atoms with Crippen molar-refractivity contribution in [3.05, 3.63) is 0 Å². The quantitative estimate of drug-likeness (QED) is 0.781. The molecule has 0 unspecified atom stereocenters. The Morgan fingerprint density at radius 2 is 1.31 bits per heavy atom. The van der Waals surface area contributed by atoms with Crippen molar-refractivity contribution in [2.75, 3.05) is 5.75 Å². The summed E-state index contributed by atoms with van der Waals surface area (Å²) in [5.41, 5.74) is -0.600. The van der Waals surface area contributed by atoms with Crippen molar-refractivity contribution in [2.24, 2.45) is 5.41 Å². The molecule has 0 atom stereocenters. The Morgan fingerprint density at radius 3 is 1.56 bits per heavy atom. The predicted octanol–water partition coefficient (Wildman–Crippen LogP) is 3.18. The van der Waals surface area contributed by atoms with Gasteiger partial charge in [-0.15, -0.1) is 0 Å². The standard InChI is InChI=1S/C10H19F3O2S/c1-8(2,3)9(4,5)16(14,15)7-6-10(11,12)13/h6-7H2,1-5H3. The van der Waals surface area contributed by atoms with Gasteiger partial charge in [0.1, 0.15) is 0 Å². The minimum atomic E-state index is -4.43. The van der Waals surface area contributed by atoms with Crippen molar-refractivity contribution < 1.29 is 21.6 Å². The van der Waals surface area contributed by atoms with Crippen LogP contribution in [0.2, 0.25) is 0 Å². The molecule has 0 saturated carbocycles. The topological polar surface area (TPSA) is 34.1 Å². The molecule has 0 aromatic carbocycles. The Bertz CT molecular complexity index is 334. The smallest absolute Gasteiger partial charge is 0.228 e. The second-order valence-corrected chi connectivity index (χ2v) is 8.10. The molecule has 0 N–H and O–H groups in total. The lowest BCUT2D eigenvalue weighted by Gasteiger charge is -2.38. The van der Waals surface area contributed by atoms with E-state index >= 15 is 0 Å². The Balaban J connectivity index is 4.96. The predicted molar refractivity (Wildman–Crippen MR) is 58.0 cm³/mol. The van der Waals surface area contributed by atoms with Crippen molar-refractivity contribution in [2.45, 2.75) is 52.0 Å². The van der Waals surface area contributed by atoms with Crippen molar-refractivity contribution in [1.29, 1.82) is 0 Å². The highest BCUT2D eigenvalue weighted by atomic mass is 32.2. The zero-order chi connectivity index (χ0) is 13.4. The lowest BCUT2D eigenvalue weighted by molar-refractivity contribution is -0.130. The van der Waals surface area contributed by atoms with Gasteiger partial charge in [-0.2, -0.15) is 13.2 Å².